The Kier molecular flexibility index (Phi) is 4.13. The lowest BCUT2D eigenvalue weighted by atomic mass is 9.91. The van der Waals surface area contributed by atoms with Gasteiger partial charge in [-0.2, -0.15) is 0 Å². The number of benzene rings is 1. The molecule has 1 heterocycles. The van der Waals surface area contributed by atoms with E-state index in [0.29, 0.717) is 22.4 Å². The van der Waals surface area contributed by atoms with E-state index in [-0.39, 0.29) is 0 Å². The van der Waals surface area contributed by atoms with Gasteiger partial charge in [0.2, 0.25) is 0 Å². The summed E-state index contributed by atoms with van der Waals surface area (Å²) in [6.45, 7) is 2.08. The summed E-state index contributed by atoms with van der Waals surface area (Å²) >= 11 is 6.39. The molecule has 1 fully saturated rings. The molecule has 0 radical (unpaired) electrons. The van der Waals surface area contributed by atoms with Crippen molar-refractivity contribution in [3.8, 4) is 11.5 Å². The predicted molar refractivity (Wildman–Crippen MR) is 69.4 cm³/mol. The molecule has 3 nitrogen and oxygen atoms in total. The molecule has 1 unspecified atom stereocenters. The number of hydrogen-bond acceptors (Lipinski definition) is 3. The number of piperidine rings is 1. The normalized spacial score (nSPS) is 20.1. The molecule has 0 saturated carbocycles. The summed E-state index contributed by atoms with van der Waals surface area (Å²) in [5, 5.41) is 4.08. The Labute approximate surface area is 107 Å². The van der Waals surface area contributed by atoms with E-state index in [1.54, 1.807) is 14.2 Å². The van der Waals surface area contributed by atoms with Gasteiger partial charge in [-0.05, 0) is 36.9 Å². The Balaban J connectivity index is 2.34. The predicted octanol–water partition coefficient (Wildman–Crippen LogP) is 2.82. The van der Waals surface area contributed by atoms with Gasteiger partial charge in [0.1, 0.15) is 0 Å². The summed E-state index contributed by atoms with van der Waals surface area (Å²) in [7, 11) is 3.24. The Morgan fingerprint density at radius 2 is 2.12 bits per heavy atom. The molecule has 1 aromatic carbocycles. The van der Waals surface area contributed by atoms with Gasteiger partial charge in [0.25, 0.3) is 0 Å². The minimum absolute atomic E-state index is 0.469. The van der Waals surface area contributed by atoms with E-state index in [4.69, 9.17) is 21.1 Å². The molecule has 0 aromatic heterocycles. The Bertz CT molecular complexity index is 389. The van der Waals surface area contributed by atoms with Gasteiger partial charge in [0.05, 0.1) is 19.2 Å². The van der Waals surface area contributed by atoms with Crippen molar-refractivity contribution in [2.75, 3.05) is 27.3 Å². The zero-order chi connectivity index (χ0) is 12.3. The minimum atomic E-state index is 0.469. The molecule has 0 bridgehead atoms. The van der Waals surface area contributed by atoms with Crippen LogP contribution in [0.15, 0.2) is 12.1 Å². The quantitative estimate of drug-likeness (QED) is 0.901. The number of rotatable bonds is 3. The highest BCUT2D eigenvalue weighted by Crippen LogP contribution is 2.41. The van der Waals surface area contributed by atoms with Gasteiger partial charge < -0.3 is 14.8 Å². The van der Waals surface area contributed by atoms with E-state index >= 15 is 0 Å². The largest absolute Gasteiger partial charge is 0.493 e. The molecule has 0 aliphatic carbocycles. The van der Waals surface area contributed by atoms with E-state index < -0.39 is 0 Å². The van der Waals surface area contributed by atoms with E-state index in [1.807, 2.05) is 12.1 Å². The standard InChI is InChI=1S/C13H18ClNO2/c1-16-11-6-5-10(12(14)13(11)17-2)9-4-3-7-15-8-9/h5-6,9,15H,3-4,7-8H2,1-2H3. The van der Waals surface area contributed by atoms with Crippen LogP contribution in [0, 0.1) is 0 Å². The zero-order valence-electron chi connectivity index (χ0n) is 10.3. The molecule has 1 saturated heterocycles. The maximum atomic E-state index is 6.39. The lowest BCUT2D eigenvalue weighted by Crippen LogP contribution is -2.28. The van der Waals surface area contributed by atoms with Gasteiger partial charge in [-0.25, -0.2) is 0 Å². The summed E-state index contributed by atoms with van der Waals surface area (Å²) in [5.41, 5.74) is 1.15. The van der Waals surface area contributed by atoms with Crippen LogP contribution in [0.25, 0.3) is 0 Å². The van der Waals surface area contributed by atoms with Crippen LogP contribution < -0.4 is 14.8 Å². The first-order valence-electron chi connectivity index (χ1n) is 5.89. The first kappa shape index (κ1) is 12.5. The Morgan fingerprint density at radius 1 is 1.29 bits per heavy atom. The van der Waals surface area contributed by atoms with Crippen LogP contribution in [0.1, 0.15) is 24.3 Å². The molecule has 0 amide bonds. The summed E-state index contributed by atoms with van der Waals surface area (Å²) in [6.07, 6.45) is 2.36. The van der Waals surface area contributed by atoms with Gasteiger partial charge in [-0.3, -0.25) is 0 Å². The molecule has 1 aromatic rings. The lowest BCUT2D eigenvalue weighted by molar-refractivity contribution is 0.353. The topological polar surface area (TPSA) is 30.5 Å². The molecule has 1 atom stereocenters. The number of hydrogen-bond donors (Lipinski definition) is 1. The summed E-state index contributed by atoms with van der Waals surface area (Å²) < 4.78 is 10.6. The molecule has 1 N–H and O–H groups in total. The fourth-order valence-corrected chi connectivity index (χ4v) is 2.72. The van der Waals surface area contributed by atoms with Gasteiger partial charge in [-0.15, -0.1) is 0 Å². The number of methoxy groups -OCH3 is 2. The van der Waals surface area contributed by atoms with E-state index in [0.717, 1.165) is 18.7 Å². The molecule has 4 heteroatoms. The van der Waals surface area contributed by atoms with Gasteiger partial charge in [0, 0.05) is 6.54 Å². The zero-order valence-corrected chi connectivity index (χ0v) is 11.0. The van der Waals surface area contributed by atoms with Gasteiger partial charge in [0.15, 0.2) is 11.5 Å². The average molecular weight is 256 g/mol. The van der Waals surface area contributed by atoms with Crippen molar-refractivity contribution in [2.24, 2.45) is 0 Å². The summed E-state index contributed by atoms with van der Waals surface area (Å²) in [5.74, 6) is 1.79. The maximum Gasteiger partial charge on any atom is 0.179 e. The van der Waals surface area contributed by atoms with Crippen molar-refractivity contribution in [2.45, 2.75) is 18.8 Å². The van der Waals surface area contributed by atoms with Crippen LogP contribution in [0.4, 0.5) is 0 Å². The SMILES string of the molecule is COc1ccc(C2CCCNC2)c(Cl)c1OC. The molecule has 94 valence electrons. The fraction of sp³-hybridized carbons (Fsp3) is 0.538. The third-order valence-corrected chi connectivity index (χ3v) is 3.64. The van der Waals surface area contributed by atoms with Crippen LogP contribution in [0.3, 0.4) is 0 Å². The first-order chi connectivity index (χ1) is 8.27. The molecular formula is C13H18ClNO2. The molecule has 17 heavy (non-hydrogen) atoms. The molecule has 2 rings (SSSR count). The molecule has 1 aliphatic rings. The van der Waals surface area contributed by atoms with Crippen molar-refractivity contribution in [1.82, 2.24) is 5.32 Å². The highest BCUT2D eigenvalue weighted by Gasteiger charge is 2.21. The second-order valence-corrected chi connectivity index (χ2v) is 4.63. The lowest BCUT2D eigenvalue weighted by Gasteiger charge is -2.25. The van der Waals surface area contributed by atoms with Crippen LogP contribution in [-0.2, 0) is 0 Å². The second-order valence-electron chi connectivity index (χ2n) is 4.25. The number of ether oxygens (including phenoxy) is 2. The highest BCUT2D eigenvalue weighted by molar-refractivity contribution is 6.33. The minimum Gasteiger partial charge on any atom is -0.493 e. The molecule has 0 spiro atoms. The van der Waals surface area contributed by atoms with E-state index in [1.165, 1.54) is 12.8 Å². The third kappa shape index (κ3) is 2.50. The first-order valence-corrected chi connectivity index (χ1v) is 6.26. The van der Waals surface area contributed by atoms with Crippen molar-refractivity contribution < 1.29 is 9.47 Å². The Morgan fingerprint density at radius 3 is 2.71 bits per heavy atom. The van der Waals surface area contributed by atoms with Crippen molar-refractivity contribution in [3.05, 3.63) is 22.7 Å². The highest BCUT2D eigenvalue weighted by atomic mass is 35.5. The van der Waals surface area contributed by atoms with Crippen molar-refractivity contribution in [1.29, 1.82) is 0 Å². The fourth-order valence-electron chi connectivity index (χ4n) is 2.34. The van der Waals surface area contributed by atoms with E-state index in [2.05, 4.69) is 5.32 Å². The van der Waals surface area contributed by atoms with Crippen LogP contribution in [0.2, 0.25) is 5.02 Å². The van der Waals surface area contributed by atoms with Crippen molar-refractivity contribution >= 4 is 11.6 Å². The van der Waals surface area contributed by atoms with Crippen molar-refractivity contribution in [3.63, 3.8) is 0 Å². The Hall–Kier alpha value is -0.930. The third-order valence-electron chi connectivity index (χ3n) is 3.25. The molecule has 1 aliphatic heterocycles. The van der Waals surface area contributed by atoms with Gasteiger partial charge in [-0.1, -0.05) is 17.7 Å². The maximum absolute atomic E-state index is 6.39. The second kappa shape index (κ2) is 5.61. The van der Waals surface area contributed by atoms with Crippen LogP contribution >= 0.6 is 11.6 Å². The number of halogens is 1. The monoisotopic (exact) mass is 255 g/mol. The van der Waals surface area contributed by atoms with E-state index in [9.17, 15) is 0 Å². The van der Waals surface area contributed by atoms with Crippen LogP contribution in [0.5, 0.6) is 11.5 Å². The summed E-state index contributed by atoms with van der Waals surface area (Å²) in [6, 6.07) is 3.97. The smallest absolute Gasteiger partial charge is 0.179 e. The van der Waals surface area contributed by atoms with Crippen LogP contribution in [-0.4, -0.2) is 27.3 Å². The summed E-state index contributed by atoms with van der Waals surface area (Å²) in [4.78, 5) is 0. The molecular weight excluding hydrogens is 238 g/mol. The average Bonchev–Trinajstić information content (AvgIpc) is 2.39. The van der Waals surface area contributed by atoms with Gasteiger partial charge >= 0.3 is 0 Å². The number of nitrogens with one attached hydrogen (secondary N) is 1.